The second kappa shape index (κ2) is 9.07. The molecule has 1 saturated heterocycles. The highest BCUT2D eigenvalue weighted by atomic mass is 79.9. The first-order valence-corrected chi connectivity index (χ1v) is 11.9. The summed E-state index contributed by atoms with van der Waals surface area (Å²) >= 11 is 6.82. The van der Waals surface area contributed by atoms with Crippen molar-refractivity contribution in [3.63, 3.8) is 0 Å². The molecule has 9 heteroatoms. The molecule has 0 spiro atoms. The van der Waals surface area contributed by atoms with E-state index in [4.69, 9.17) is 4.42 Å². The Morgan fingerprint density at radius 2 is 1.67 bits per heavy atom. The Kier molecular flexibility index (Phi) is 5.99. The number of carbonyl (C=O) groups excluding carboxylic acids is 1. The number of fused-ring (bicyclic) bond motifs is 1. The number of carbonyl (C=O) groups is 1. The van der Waals surface area contributed by atoms with Crippen LogP contribution in [-0.2, 0) is 0 Å². The molecule has 7 nitrogen and oxygen atoms in total. The second-order valence-corrected chi connectivity index (χ2v) is 9.45. The molecule has 2 aromatic carbocycles. The van der Waals surface area contributed by atoms with Crippen molar-refractivity contribution in [3.05, 3.63) is 85.6 Å². The Hall–Kier alpha value is -3.04. The zero-order valence-electron chi connectivity index (χ0n) is 17.4. The van der Waals surface area contributed by atoms with Gasteiger partial charge in [0.05, 0.1) is 10.2 Å². The van der Waals surface area contributed by atoms with Gasteiger partial charge in [0.25, 0.3) is 5.91 Å². The van der Waals surface area contributed by atoms with Gasteiger partial charge in [-0.15, -0.1) is 10.2 Å². The average Bonchev–Trinajstić information content (AvgIpc) is 2.84. The number of hydrogen-bond acceptors (Lipinski definition) is 6. The standard InChI is InChI=1S/C24H18Br2N4O3/c25-17-12-16-13-18(24(32)33-22(16)19(26)14-17)23(31)30-10-8-29(9-11-30)21-7-6-20(27-28-21)15-4-2-1-3-5-15/h1-7,12-14H,8-11H2. The van der Waals surface area contributed by atoms with Crippen LogP contribution in [0.4, 0.5) is 5.82 Å². The first-order chi connectivity index (χ1) is 16.0. The quantitative estimate of drug-likeness (QED) is 0.332. The minimum Gasteiger partial charge on any atom is -0.421 e. The van der Waals surface area contributed by atoms with E-state index >= 15 is 0 Å². The summed E-state index contributed by atoms with van der Waals surface area (Å²) in [5.41, 5.74) is 1.64. The normalized spacial score (nSPS) is 14.0. The van der Waals surface area contributed by atoms with E-state index < -0.39 is 5.63 Å². The van der Waals surface area contributed by atoms with E-state index in [1.165, 1.54) is 0 Å². The highest BCUT2D eigenvalue weighted by Gasteiger charge is 2.26. The third-order valence-corrected chi connectivity index (χ3v) is 6.64. The fourth-order valence-electron chi connectivity index (χ4n) is 3.87. The zero-order chi connectivity index (χ0) is 22.9. The molecule has 0 unspecified atom stereocenters. The predicted molar refractivity (Wildman–Crippen MR) is 133 cm³/mol. The van der Waals surface area contributed by atoms with E-state index in [-0.39, 0.29) is 11.5 Å². The van der Waals surface area contributed by atoms with E-state index in [1.54, 1.807) is 17.0 Å². The van der Waals surface area contributed by atoms with E-state index in [1.807, 2.05) is 48.5 Å². The summed E-state index contributed by atoms with van der Waals surface area (Å²) in [6.45, 7) is 2.14. The van der Waals surface area contributed by atoms with Crippen LogP contribution in [0, 0.1) is 0 Å². The van der Waals surface area contributed by atoms with Gasteiger partial charge in [0.2, 0.25) is 0 Å². The Labute approximate surface area is 206 Å². The molecule has 0 saturated carbocycles. The van der Waals surface area contributed by atoms with Gasteiger partial charge in [-0.2, -0.15) is 0 Å². The predicted octanol–water partition coefficient (Wildman–Crippen LogP) is 4.74. The van der Waals surface area contributed by atoms with Crippen LogP contribution in [-0.4, -0.2) is 47.2 Å². The van der Waals surface area contributed by atoms with Gasteiger partial charge < -0.3 is 14.2 Å². The number of piperazine rings is 1. The van der Waals surface area contributed by atoms with Crippen LogP contribution < -0.4 is 10.5 Å². The van der Waals surface area contributed by atoms with Gasteiger partial charge >= 0.3 is 5.63 Å². The topological polar surface area (TPSA) is 79.5 Å². The lowest BCUT2D eigenvalue weighted by atomic mass is 10.1. The molecular weight excluding hydrogens is 552 g/mol. The van der Waals surface area contributed by atoms with Crippen molar-refractivity contribution in [2.24, 2.45) is 0 Å². The van der Waals surface area contributed by atoms with Gasteiger partial charge in [0, 0.05) is 41.6 Å². The van der Waals surface area contributed by atoms with Crippen LogP contribution in [0.15, 0.2) is 78.8 Å². The average molecular weight is 570 g/mol. The van der Waals surface area contributed by atoms with Crippen molar-refractivity contribution in [2.45, 2.75) is 0 Å². The molecule has 2 aromatic heterocycles. The molecule has 33 heavy (non-hydrogen) atoms. The van der Waals surface area contributed by atoms with E-state index in [9.17, 15) is 9.59 Å². The number of nitrogens with zero attached hydrogens (tertiary/aromatic N) is 4. The lowest BCUT2D eigenvalue weighted by molar-refractivity contribution is 0.0742. The molecule has 166 valence electrons. The SMILES string of the molecule is O=C(c1cc2cc(Br)cc(Br)c2oc1=O)N1CCN(c2ccc(-c3ccccc3)nn2)CC1. The Morgan fingerprint density at radius 1 is 0.909 bits per heavy atom. The number of halogens is 2. The number of amides is 1. The molecule has 1 amide bonds. The summed E-state index contributed by atoms with van der Waals surface area (Å²) < 4.78 is 6.90. The summed E-state index contributed by atoms with van der Waals surface area (Å²) in [4.78, 5) is 29.3. The van der Waals surface area contributed by atoms with E-state index in [0.717, 1.165) is 21.5 Å². The highest BCUT2D eigenvalue weighted by molar-refractivity contribution is 9.11. The first kappa shape index (κ1) is 21.8. The smallest absolute Gasteiger partial charge is 0.349 e. The van der Waals surface area contributed by atoms with Gasteiger partial charge in [-0.3, -0.25) is 4.79 Å². The number of benzene rings is 2. The number of anilines is 1. The number of rotatable bonds is 3. The summed E-state index contributed by atoms with van der Waals surface area (Å²) in [6, 6.07) is 19.0. The summed E-state index contributed by atoms with van der Waals surface area (Å²) in [5.74, 6) is 0.439. The lowest BCUT2D eigenvalue weighted by Crippen LogP contribution is -2.49. The Balaban J connectivity index is 1.30. The first-order valence-electron chi connectivity index (χ1n) is 10.4. The van der Waals surface area contributed by atoms with Crippen molar-refractivity contribution < 1.29 is 9.21 Å². The minimum absolute atomic E-state index is 0.0351. The number of hydrogen-bond donors (Lipinski definition) is 0. The summed E-state index contributed by atoms with van der Waals surface area (Å²) in [5, 5.41) is 9.39. The maximum absolute atomic E-state index is 13.1. The molecule has 5 rings (SSSR count). The molecule has 1 aliphatic rings. The summed E-state index contributed by atoms with van der Waals surface area (Å²) in [6.07, 6.45) is 0. The van der Waals surface area contributed by atoms with Crippen LogP contribution >= 0.6 is 31.9 Å². The van der Waals surface area contributed by atoms with Crippen molar-refractivity contribution in [1.29, 1.82) is 0 Å². The molecule has 0 bridgehead atoms. The van der Waals surface area contributed by atoms with Gasteiger partial charge in [-0.1, -0.05) is 46.3 Å². The molecular formula is C24H18Br2N4O3. The van der Waals surface area contributed by atoms with Gasteiger partial charge in [0.1, 0.15) is 5.56 Å². The van der Waals surface area contributed by atoms with Crippen LogP contribution in [0.3, 0.4) is 0 Å². The minimum atomic E-state index is -0.639. The van der Waals surface area contributed by atoms with E-state index in [2.05, 4.69) is 47.0 Å². The monoisotopic (exact) mass is 568 g/mol. The molecule has 1 fully saturated rings. The third-order valence-electron chi connectivity index (χ3n) is 5.59. The van der Waals surface area contributed by atoms with Crippen molar-refractivity contribution >= 4 is 54.6 Å². The third kappa shape index (κ3) is 4.43. The van der Waals surface area contributed by atoms with Gasteiger partial charge in [0.15, 0.2) is 11.4 Å². The van der Waals surface area contributed by atoms with Gasteiger partial charge in [-0.05, 0) is 46.3 Å². The molecule has 0 N–H and O–H groups in total. The largest absolute Gasteiger partial charge is 0.421 e. The highest BCUT2D eigenvalue weighted by Crippen LogP contribution is 2.28. The maximum Gasteiger partial charge on any atom is 0.349 e. The fraction of sp³-hybridized carbons (Fsp3) is 0.167. The second-order valence-electron chi connectivity index (χ2n) is 7.68. The molecule has 0 radical (unpaired) electrons. The molecule has 0 atom stereocenters. The zero-order valence-corrected chi connectivity index (χ0v) is 20.5. The summed E-state index contributed by atoms with van der Waals surface area (Å²) in [7, 11) is 0. The number of aromatic nitrogens is 2. The van der Waals surface area contributed by atoms with Crippen molar-refractivity contribution in [1.82, 2.24) is 15.1 Å². The van der Waals surface area contributed by atoms with Gasteiger partial charge in [-0.25, -0.2) is 4.79 Å². The maximum atomic E-state index is 13.1. The fourth-order valence-corrected chi connectivity index (χ4v) is 5.21. The van der Waals surface area contributed by atoms with Crippen LogP contribution in [0.2, 0.25) is 0 Å². The molecule has 1 aliphatic heterocycles. The van der Waals surface area contributed by atoms with Crippen molar-refractivity contribution in [3.8, 4) is 11.3 Å². The molecule has 3 heterocycles. The Bertz CT molecular complexity index is 1380. The van der Waals surface area contributed by atoms with E-state index in [0.29, 0.717) is 41.6 Å². The van der Waals surface area contributed by atoms with Crippen molar-refractivity contribution in [2.75, 3.05) is 31.1 Å². The lowest BCUT2D eigenvalue weighted by Gasteiger charge is -2.35. The molecule has 0 aliphatic carbocycles. The molecule has 4 aromatic rings. The Morgan fingerprint density at radius 3 is 2.36 bits per heavy atom. The van der Waals surface area contributed by atoms with Crippen LogP contribution in [0.5, 0.6) is 0 Å². The van der Waals surface area contributed by atoms with Crippen LogP contribution in [0.1, 0.15) is 10.4 Å². The van der Waals surface area contributed by atoms with Crippen LogP contribution in [0.25, 0.3) is 22.2 Å².